The molecular weight excluding hydrogens is 271 g/mol. The topological polar surface area (TPSA) is 28.7 Å². The first-order valence-corrected chi connectivity index (χ1v) is 6.48. The molecule has 1 aliphatic carbocycles. The van der Waals surface area contributed by atoms with Crippen molar-refractivity contribution < 1.29 is 4.39 Å². The van der Waals surface area contributed by atoms with Crippen molar-refractivity contribution in [1.82, 2.24) is 9.97 Å². The SMILES string of the molecule is Fc1cc(Cl)cc(-c2cc(=S)nc(C3CC3)[nH]2)c1. The minimum atomic E-state index is -0.360. The lowest BCUT2D eigenvalue weighted by atomic mass is 10.1. The van der Waals surface area contributed by atoms with Crippen molar-refractivity contribution in [2.24, 2.45) is 0 Å². The highest BCUT2D eigenvalue weighted by atomic mass is 35.5. The molecule has 5 heteroatoms. The monoisotopic (exact) mass is 280 g/mol. The normalized spacial score (nSPS) is 14.8. The zero-order valence-corrected chi connectivity index (χ0v) is 11.0. The number of nitrogens with one attached hydrogen (secondary N) is 1. The van der Waals surface area contributed by atoms with Crippen LogP contribution >= 0.6 is 23.8 Å². The fourth-order valence-corrected chi connectivity index (χ4v) is 2.33. The Bertz CT molecular complexity index is 644. The van der Waals surface area contributed by atoms with Crippen molar-refractivity contribution in [3.8, 4) is 11.3 Å². The highest BCUT2D eigenvalue weighted by molar-refractivity contribution is 7.71. The molecule has 18 heavy (non-hydrogen) atoms. The fourth-order valence-electron chi connectivity index (χ4n) is 1.89. The van der Waals surface area contributed by atoms with E-state index in [1.54, 1.807) is 12.1 Å². The maximum absolute atomic E-state index is 13.3. The van der Waals surface area contributed by atoms with E-state index in [4.69, 9.17) is 23.8 Å². The average molecular weight is 281 g/mol. The molecule has 0 spiro atoms. The van der Waals surface area contributed by atoms with Crippen molar-refractivity contribution in [3.05, 3.63) is 45.6 Å². The molecule has 0 atom stereocenters. The van der Waals surface area contributed by atoms with E-state index in [-0.39, 0.29) is 5.82 Å². The second-order valence-electron chi connectivity index (χ2n) is 4.45. The molecule has 1 aliphatic rings. The third-order valence-corrected chi connectivity index (χ3v) is 3.33. The molecule has 1 aromatic heterocycles. The van der Waals surface area contributed by atoms with Crippen molar-refractivity contribution in [3.63, 3.8) is 0 Å². The number of H-pyrrole nitrogens is 1. The Morgan fingerprint density at radius 3 is 2.72 bits per heavy atom. The first kappa shape index (κ1) is 11.8. The maximum Gasteiger partial charge on any atom is 0.130 e. The van der Waals surface area contributed by atoms with Crippen LogP contribution in [-0.4, -0.2) is 9.97 Å². The Kier molecular flexibility index (Phi) is 2.92. The molecule has 1 heterocycles. The maximum atomic E-state index is 13.3. The number of nitrogens with zero attached hydrogens (tertiary/aromatic N) is 1. The van der Waals surface area contributed by atoms with Crippen LogP contribution in [0, 0.1) is 10.5 Å². The standard InChI is InChI=1S/C13H10ClFN2S/c14-9-3-8(4-10(15)5-9)11-6-12(18)17-13(16-11)7-1-2-7/h3-7H,1-2H2,(H,16,17,18). The minimum absolute atomic E-state index is 0.360. The number of aromatic nitrogens is 2. The van der Waals surface area contributed by atoms with Crippen LogP contribution in [0.15, 0.2) is 24.3 Å². The molecule has 92 valence electrons. The number of hydrogen-bond acceptors (Lipinski definition) is 2. The number of hydrogen-bond donors (Lipinski definition) is 1. The van der Waals surface area contributed by atoms with Gasteiger partial charge in [-0.25, -0.2) is 9.37 Å². The molecule has 0 radical (unpaired) electrons. The highest BCUT2D eigenvalue weighted by Crippen LogP contribution is 2.38. The number of benzene rings is 1. The zero-order chi connectivity index (χ0) is 12.7. The van der Waals surface area contributed by atoms with Crippen LogP contribution in [-0.2, 0) is 0 Å². The summed E-state index contributed by atoms with van der Waals surface area (Å²) in [6, 6.07) is 6.15. The van der Waals surface area contributed by atoms with Crippen LogP contribution in [0.4, 0.5) is 4.39 Å². The van der Waals surface area contributed by atoms with E-state index in [1.165, 1.54) is 12.1 Å². The summed E-state index contributed by atoms with van der Waals surface area (Å²) >= 11 is 11.0. The molecule has 0 bridgehead atoms. The summed E-state index contributed by atoms with van der Waals surface area (Å²) in [4.78, 5) is 7.51. The Morgan fingerprint density at radius 2 is 2.06 bits per heavy atom. The molecular formula is C13H10ClFN2S. The number of halogens is 2. The molecule has 0 amide bonds. The molecule has 3 rings (SSSR count). The van der Waals surface area contributed by atoms with E-state index in [9.17, 15) is 4.39 Å². The van der Waals surface area contributed by atoms with Crippen LogP contribution in [0.3, 0.4) is 0 Å². The van der Waals surface area contributed by atoms with E-state index >= 15 is 0 Å². The molecule has 1 N–H and O–H groups in total. The van der Waals surface area contributed by atoms with Crippen molar-refractivity contribution >= 4 is 23.8 Å². The van der Waals surface area contributed by atoms with Crippen LogP contribution in [0.5, 0.6) is 0 Å². The van der Waals surface area contributed by atoms with Gasteiger partial charge in [0, 0.05) is 22.2 Å². The van der Waals surface area contributed by atoms with Gasteiger partial charge in [-0.1, -0.05) is 23.8 Å². The molecule has 2 aromatic rings. The zero-order valence-electron chi connectivity index (χ0n) is 9.41. The predicted octanol–water partition coefficient (Wildman–Crippen LogP) is 4.48. The minimum Gasteiger partial charge on any atom is -0.343 e. The van der Waals surface area contributed by atoms with E-state index in [0.717, 1.165) is 24.4 Å². The Morgan fingerprint density at radius 1 is 1.28 bits per heavy atom. The van der Waals surface area contributed by atoms with Crippen LogP contribution < -0.4 is 0 Å². The van der Waals surface area contributed by atoms with Gasteiger partial charge in [0.05, 0.1) is 0 Å². The molecule has 0 aliphatic heterocycles. The Hall–Kier alpha value is -1.26. The predicted molar refractivity (Wildman–Crippen MR) is 71.8 cm³/mol. The lowest BCUT2D eigenvalue weighted by Crippen LogP contribution is -1.95. The summed E-state index contributed by atoms with van der Waals surface area (Å²) in [7, 11) is 0. The molecule has 1 fully saturated rings. The van der Waals surface area contributed by atoms with Gasteiger partial charge in [-0.2, -0.15) is 0 Å². The van der Waals surface area contributed by atoms with E-state index in [0.29, 0.717) is 21.1 Å². The van der Waals surface area contributed by atoms with E-state index < -0.39 is 0 Å². The summed E-state index contributed by atoms with van der Waals surface area (Å²) in [6.45, 7) is 0. The highest BCUT2D eigenvalue weighted by Gasteiger charge is 2.26. The average Bonchev–Trinajstić information content (AvgIpc) is 3.10. The molecule has 0 unspecified atom stereocenters. The van der Waals surface area contributed by atoms with Gasteiger partial charge < -0.3 is 4.98 Å². The van der Waals surface area contributed by atoms with E-state index in [2.05, 4.69) is 9.97 Å². The molecule has 1 saturated carbocycles. The molecule has 2 nitrogen and oxygen atoms in total. The van der Waals surface area contributed by atoms with E-state index in [1.807, 2.05) is 0 Å². The quantitative estimate of drug-likeness (QED) is 0.822. The smallest absolute Gasteiger partial charge is 0.130 e. The number of aromatic amines is 1. The first-order chi connectivity index (χ1) is 8.61. The lowest BCUT2D eigenvalue weighted by Gasteiger charge is -2.06. The molecule has 0 saturated heterocycles. The molecule has 1 aromatic carbocycles. The summed E-state index contributed by atoms with van der Waals surface area (Å²) in [5.74, 6) is 0.996. The number of rotatable bonds is 2. The van der Waals surface area contributed by atoms with Crippen molar-refractivity contribution in [2.75, 3.05) is 0 Å². The largest absolute Gasteiger partial charge is 0.343 e. The van der Waals surface area contributed by atoms with Crippen LogP contribution in [0.25, 0.3) is 11.3 Å². The van der Waals surface area contributed by atoms with Gasteiger partial charge in [-0.15, -0.1) is 0 Å². The van der Waals surface area contributed by atoms with Gasteiger partial charge in [-0.3, -0.25) is 0 Å². The lowest BCUT2D eigenvalue weighted by molar-refractivity contribution is 0.628. The van der Waals surface area contributed by atoms with Crippen LogP contribution in [0.2, 0.25) is 5.02 Å². The summed E-state index contributed by atoms with van der Waals surface area (Å²) in [6.07, 6.45) is 2.26. The first-order valence-electron chi connectivity index (χ1n) is 5.69. The summed E-state index contributed by atoms with van der Waals surface area (Å²) in [5.41, 5.74) is 1.45. The third-order valence-electron chi connectivity index (χ3n) is 2.90. The second-order valence-corrected chi connectivity index (χ2v) is 5.31. The third kappa shape index (κ3) is 2.44. The van der Waals surface area contributed by atoms with Gasteiger partial charge in [-0.05, 0) is 37.1 Å². The Balaban J connectivity index is 2.12. The van der Waals surface area contributed by atoms with Crippen LogP contribution in [0.1, 0.15) is 24.6 Å². The Labute approximate surface area is 114 Å². The summed E-state index contributed by atoms with van der Waals surface area (Å²) in [5, 5.41) is 0.370. The van der Waals surface area contributed by atoms with Gasteiger partial charge in [0.2, 0.25) is 0 Å². The van der Waals surface area contributed by atoms with Crippen molar-refractivity contribution in [1.29, 1.82) is 0 Å². The van der Waals surface area contributed by atoms with Gasteiger partial charge in [0.15, 0.2) is 0 Å². The fraction of sp³-hybridized carbons (Fsp3) is 0.231. The van der Waals surface area contributed by atoms with Crippen molar-refractivity contribution in [2.45, 2.75) is 18.8 Å². The second kappa shape index (κ2) is 4.44. The van der Waals surface area contributed by atoms with Gasteiger partial charge in [0.25, 0.3) is 0 Å². The van der Waals surface area contributed by atoms with Gasteiger partial charge in [0.1, 0.15) is 16.3 Å². The summed E-state index contributed by atoms with van der Waals surface area (Å²) < 4.78 is 13.9. The van der Waals surface area contributed by atoms with Gasteiger partial charge >= 0.3 is 0 Å².